The second kappa shape index (κ2) is 9.57. The highest BCUT2D eigenvalue weighted by atomic mass is 79.9. The van der Waals surface area contributed by atoms with Gasteiger partial charge in [0.1, 0.15) is 0 Å². The molecule has 0 aromatic heterocycles. The molecule has 2 heteroatoms. The predicted molar refractivity (Wildman–Crippen MR) is 93.3 cm³/mol. The first-order valence-electron chi connectivity index (χ1n) is 7.95. The topological polar surface area (TPSA) is 12.0 Å². The third kappa shape index (κ3) is 7.44. The third-order valence-corrected chi connectivity index (χ3v) is 4.09. The number of nitrogens with one attached hydrogen (secondary N) is 1. The first-order chi connectivity index (χ1) is 9.49. The van der Waals surface area contributed by atoms with E-state index in [4.69, 9.17) is 0 Å². The highest BCUT2D eigenvalue weighted by Crippen LogP contribution is 2.25. The van der Waals surface area contributed by atoms with E-state index in [9.17, 15) is 0 Å². The molecule has 0 amide bonds. The zero-order valence-corrected chi connectivity index (χ0v) is 15.0. The maximum atomic E-state index is 3.63. The van der Waals surface area contributed by atoms with Crippen molar-refractivity contribution in [3.8, 4) is 0 Å². The van der Waals surface area contributed by atoms with Crippen LogP contribution in [0.25, 0.3) is 0 Å². The molecular weight excluding hydrogens is 310 g/mol. The summed E-state index contributed by atoms with van der Waals surface area (Å²) >= 11 is 3.59. The number of halogens is 1. The standard InChI is InChI=1S/C18H30BrN/c1-14(2)7-5-9-17(13-20-12-15(3)4)16-8-6-10-18(19)11-16/h6,8,10-11,14-15,17,20H,5,7,9,12-13H2,1-4H3. The van der Waals surface area contributed by atoms with Crippen molar-refractivity contribution in [3.05, 3.63) is 34.3 Å². The van der Waals surface area contributed by atoms with Crippen molar-refractivity contribution < 1.29 is 0 Å². The first kappa shape index (κ1) is 17.7. The van der Waals surface area contributed by atoms with Crippen molar-refractivity contribution in [2.24, 2.45) is 11.8 Å². The second-order valence-corrected chi connectivity index (χ2v) is 7.54. The Balaban J connectivity index is 2.58. The Morgan fingerprint density at radius 2 is 1.75 bits per heavy atom. The maximum absolute atomic E-state index is 3.63. The van der Waals surface area contributed by atoms with Crippen molar-refractivity contribution in [1.29, 1.82) is 0 Å². The lowest BCUT2D eigenvalue weighted by Gasteiger charge is -2.20. The number of hydrogen-bond acceptors (Lipinski definition) is 1. The minimum absolute atomic E-state index is 0.630. The fourth-order valence-corrected chi connectivity index (χ4v) is 2.88. The van der Waals surface area contributed by atoms with E-state index in [0.717, 1.165) is 19.0 Å². The van der Waals surface area contributed by atoms with Crippen LogP contribution in [-0.2, 0) is 0 Å². The second-order valence-electron chi connectivity index (χ2n) is 6.63. The van der Waals surface area contributed by atoms with Crippen molar-refractivity contribution in [2.45, 2.75) is 52.9 Å². The van der Waals surface area contributed by atoms with Gasteiger partial charge < -0.3 is 5.32 Å². The molecule has 0 aliphatic carbocycles. The Morgan fingerprint density at radius 1 is 1.00 bits per heavy atom. The number of rotatable bonds is 9. The summed E-state index contributed by atoms with van der Waals surface area (Å²) in [4.78, 5) is 0. The minimum atomic E-state index is 0.630. The molecule has 0 saturated heterocycles. The molecule has 0 spiro atoms. The Labute approximate surface area is 133 Å². The van der Waals surface area contributed by atoms with Crippen LogP contribution >= 0.6 is 15.9 Å². The molecule has 0 bridgehead atoms. The van der Waals surface area contributed by atoms with Crippen LogP contribution in [0.5, 0.6) is 0 Å². The molecule has 0 heterocycles. The van der Waals surface area contributed by atoms with Gasteiger partial charge in [0.05, 0.1) is 0 Å². The molecule has 0 aliphatic heterocycles. The van der Waals surface area contributed by atoms with Gasteiger partial charge in [0.2, 0.25) is 0 Å². The average molecular weight is 340 g/mol. The van der Waals surface area contributed by atoms with Crippen LogP contribution in [0.15, 0.2) is 28.7 Å². The lowest BCUT2D eigenvalue weighted by Crippen LogP contribution is -2.25. The molecule has 1 aromatic rings. The van der Waals surface area contributed by atoms with Gasteiger partial charge in [0.15, 0.2) is 0 Å². The van der Waals surface area contributed by atoms with E-state index in [1.165, 1.54) is 29.3 Å². The van der Waals surface area contributed by atoms with Crippen LogP contribution in [0.4, 0.5) is 0 Å². The molecule has 1 N–H and O–H groups in total. The Bertz CT molecular complexity index is 359. The van der Waals surface area contributed by atoms with Crippen molar-refractivity contribution in [2.75, 3.05) is 13.1 Å². The van der Waals surface area contributed by atoms with E-state index in [-0.39, 0.29) is 0 Å². The number of hydrogen-bond donors (Lipinski definition) is 1. The molecule has 0 aliphatic rings. The van der Waals surface area contributed by atoms with Crippen molar-refractivity contribution >= 4 is 15.9 Å². The van der Waals surface area contributed by atoms with Gasteiger partial charge in [-0.15, -0.1) is 0 Å². The molecule has 0 fully saturated rings. The summed E-state index contributed by atoms with van der Waals surface area (Å²) < 4.78 is 1.19. The molecule has 20 heavy (non-hydrogen) atoms. The molecule has 1 nitrogen and oxygen atoms in total. The summed E-state index contributed by atoms with van der Waals surface area (Å²) in [5.41, 5.74) is 1.46. The fourth-order valence-electron chi connectivity index (χ4n) is 2.47. The van der Waals surface area contributed by atoms with Gasteiger partial charge in [-0.25, -0.2) is 0 Å². The van der Waals surface area contributed by atoms with Gasteiger partial charge in [-0.3, -0.25) is 0 Å². The van der Waals surface area contributed by atoms with E-state index in [0.29, 0.717) is 11.8 Å². The normalized spacial score (nSPS) is 13.2. The summed E-state index contributed by atoms with van der Waals surface area (Å²) in [5.74, 6) is 2.15. The molecule has 1 rings (SSSR count). The van der Waals surface area contributed by atoms with E-state index >= 15 is 0 Å². The lowest BCUT2D eigenvalue weighted by atomic mass is 9.92. The van der Waals surface area contributed by atoms with E-state index < -0.39 is 0 Å². The lowest BCUT2D eigenvalue weighted by molar-refractivity contribution is 0.463. The Hall–Kier alpha value is -0.340. The largest absolute Gasteiger partial charge is 0.316 e. The Morgan fingerprint density at radius 3 is 2.35 bits per heavy atom. The summed E-state index contributed by atoms with van der Waals surface area (Å²) in [6, 6.07) is 8.80. The molecule has 1 unspecified atom stereocenters. The van der Waals surface area contributed by atoms with Crippen LogP contribution in [0.3, 0.4) is 0 Å². The minimum Gasteiger partial charge on any atom is -0.316 e. The highest BCUT2D eigenvalue weighted by Gasteiger charge is 2.12. The monoisotopic (exact) mass is 339 g/mol. The molecule has 1 atom stereocenters. The van der Waals surface area contributed by atoms with Gasteiger partial charge >= 0.3 is 0 Å². The maximum Gasteiger partial charge on any atom is 0.0178 e. The summed E-state index contributed by atoms with van der Waals surface area (Å²) in [5, 5.41) is 3.63. The van der Waals surface area contributed by atoms with Gasteiger partial charge in [0.25, 0.3) is 0 Å². The first-order valence-corrected chi connectivity index (χ1v) is 8.74. The van der Waals surface area contributed by atoms with Crippen molar-refractivity contribution in [1.82, 2.24) is 5.32 Å². The van der Waals surface area contributed by atoms with Gasteiger partial charge in [-0.1, -0.05) is 68.6 Å². The van der Waals surface area contributed by atoms with Crippen LogP contribution < -0.4 is 5.32 Å². The SMILES string of the molecule is CC(C)CCCC(CNCC(C)C)c1cccc(Br)c1. The number of benzene rings is 1. The summed E-state index contributed by atoms with van der Waals surface area (Å²) in [6.07, 6.45) is 3.92. The van der Waals surface area contributed by atoms with Crippen LogP contribution in [-0.4, -0.2) is 13.1 Å². The Kier molecular flexibility index (Phi) is 8.47. The van der Waals surface area contributed by atoms with Crippen LogP contribution in [0.2, 0.25) is 0 Å². The van der Waals surface area contributed by atoms with E-state index in [2.05, 4.69) is 73.2 Å². The summed E-state index contributed by atoms with van der Waals surface area (Å²) in [7, 11) is 0. The quantitative estimate of drug-likeness (QED) is 0.616. The zero-order valence-electron chi connectivity index (χ0n) is 13.5. The predicted octanol–water partition coefficient (Wildman–Crippen LogP) is 5.60. The molecule has 1 aromatic carbocycles. The highest BCUT2D eigenvalue weighted by molar-refractivity contribution is 9.10. The third-order valence-electron chi connectivity index (χ3n) is 3.60. The van der Waals surface area contributed by atoms with E-state index in [1.807, 2.05) is 0 Å². The average Bonchev–Trinajstić information content (AvgIpc) is 2.36. The van der Waals surface area contributed by atoms with E-state index in [1.54, 1.807) is 0 Å². The van der Waals surface area contributed by atoms with Crippen LogP contribution in [0.1, 0.15) is 58.4 Å². The smallest absolute Gasteiger partial charge is 0.0178 e. The molecular formula is C18H30BrN. The van der Waals surface area contributed by atoms with Crippen LogP contribution in [0, 0.1) is 11.8 Å². The summed E-state index contributed by atoms with van der Waals surface area (Å²) in [6.45, 7) is 11.3. The zero-order chi connectivity index (χ0) is 15.0. The van der Waals surface area contributed by atoms with Crippen molar-refractivity contribution in [3.63, 3.8) is 0 Å². The van der Waals surface area contributed by atoms with Gasteiger partial charge in [-0.05, 0) is 48.4 Å². The fraction of sp³-hybridized carbons (Fsp3) is 0.667. The molecule has 0 saturated carbocycles. The van der Waals surface area contributed by atoms with Gasteiger partial charge in [0, 0.05) is 11.0 Å². The molecule has 114 valence electrons. The van der Waals surface area contributed by atoms with Gasteiger partial charge in [-0.2, -0.15) is 0 Å². The molecule has 0 radical (unpaired) electrons.